The highest BCUT2D eigenvalue weighted by atomic mass is 15.1. The Morgan fingerprint density at radius 1 is 1.29 bits per heavy atom. The lowest BCUT2D eigenvalue weighted by Crippen LogP contribution is -2.22. The fourth-order valence-corrected chi connectivity index (χ4v) is 2.03. The average Bonchev–Trinajstić information content (AvgIpc) is 2.26. The van der Waals surface area contributed by atoms with E-state index in [0.717, 1.165) is 13.1 Å². The second-order valence-electron chi connectivity index (χ2n) is 5.08. The summed E-state index contributed by atoms with van der Waals surface area (Å²) in [5.74, 6) is 0. The van der Waals surface area contributed by atoms with Crippen molar-refractivity contribution < 1.29 is 0 Å². The molecule has 0 atom stereocenters. The Labute approximate surface area is 106 Å². The van der Waals surface area contributed by atoms with Crippen LogP contribution in [0.3, 0.4) is 0 Å². The van der Waals surface area contributed by atoms with Gasteiger partial charge in [-0.1, -0.05) is 32.9 Å². The fourth-order valence-electron chi connectivity index (χ4n) is 2.03. The maximum atomic E-state index is 3.45. The molecule has 0 saturated heterocycles. The van der Waals surface area contributed by atoms with Crippen molar-refractivity contribution >= 4 is 5.69 Å². The van der Waals surface area contributed by atoms with Gasteiger partial charge in [-0.3, -0.25) is 0 Å². The summed E-state index contributed by atoms with van der Waals surface area (Å²) < 4.78 is 0. The topological polar surface area (TPSA) is 15.3 Å². The summed E-state index contributed by atoms with van der Waals surface area (Å²) in [6.45, 7) is 10.8. The van der Waals surface area contributed by atoms with E-state index in [1.807, 2.05) is 0 Å². The van der Waals surface area contributed by atoms with Crippen LogP contribution in [0.15, 0.2) is 18.2 Å². The maximum absolute atomic E-state index is 3.45. The lowest BCUT2D eigenvalue weighted by Gasteiger charge is -2.21. The minimum absolute atomic E-state index is 0.540. The summed E-state index contributed by atoms with van der Waals surface area (Å²) in [7, 11) is 2.16. The van der Waals surface area contributed by atoms with Crippen LogP contribution in [-0.2, 0) is 6.54 Å². The van der Waals surface area contributed by atoms with Gasteiger partial charge in [0.15, 0.2) is 0 Å². The molecule has 17 heavy (non-hydrogen) atoms. The third-order valence-corrected chi connectivity index (χ3v) is 2.95. The van der Waals surface area contributed by atoms with Gasteiger partial charge in [0.25, 0.3) is 0 Å². The molecule has 0 heterocycles. The normalized spacial score (nSPS) is 10.9. The predicted octanol–water partition coefficient (Wildman–Crippen LogP) is 3.34. The molecule has 0 radical (unpaired) electrons. The van der Waals surface area contributed by atoms with E-state index in [2.05, 4.69) is 63.2 Å². The van der Waals surface area contributed by atoms with Crippen molar-refractivity contribution in [1.82, 2.24) is 5.32 Å². The molecule has 1 N–H and O–H groups in total. The minimum atomic E-state index is 0.540. The van der Waals surface area contributed by atoms with Gasteiger partial charge in [-0.2, -0.15) is 0 Å². The van der Waals surface area contributed by atoms with E-state index in [-0.39, 0.29) is 0 Å². The Kier molecular flexibility index (Phi) is 5.49. The van der Waals surface area contributed by atoms with Gasteiger partial charge in [-0.25, -0.2) is 0 Å². The van der Waals surface area contributed by atoms with Crippen LogP contribution in [0.25, 0.3) is 0 Å². The molecule has 0 aromatic heterocycles. The number of hydrogen-bond acceptors (Lipinski definition) is 2. The first-order valence-electron chi connectivity index (χ1n) is 6.58. The molecule has 1 aromatic carbocycles. The van der Waals surface area contributed by atoms with E-state index >= 15 is 0 Å². The fraction of sp³-hybridized carbons (Fsp3) is 0.600. The summed E-state index contributed by atoms with van der Waals surface area (Å²) in [5, 5.41) is 3.45. The zero-order valence-electron chi connectivity index (χ0n) is 11.9. The third kappa shape index (κ3) is 4.39. The predicted molar refractivity (Wildman–Crippen MR) is 76.7 cm³/mol. The monoisotopic (exact) mass is 234 g/mol. The van der Waals surface area contributed by atoms with Gasteiger partial charge in [0.1, 0.15) is 0 Å². The van der Waals surface area contributed by atoms with Gasteiger partial charge in [-0.05, 0) is 30.5 Å². The smallest absolute Gasteiger partial charge is 0.0393 e. The quantitative estimate of drug-likeness (QED) is 0.812. The molecular formula is C15H26N2. The van der Waals surface area contributed by atoms with Crippen molar-refractivity contribution in [2.75, 3.05) is 18.5 Å². The van der Waals surface area contributed by atoms with Crippen molar-refractivity contribution in [2.45, 2.75) is 46.7 Å². The van der Waals surface area contributed by atoms with Gasteiger partial charge in [0, 0.05) is 31.9 Å². The van der Waals surface area contributed by atoms with Crippen LogP contribution in [0.5, 0.6) is 0 Å². The maximum Gasteiger partial charge on any atom is 0.0393 e. The molecule has 96 valence electrons. The molecule has 0 amide bonds. The van der Waals surface area contributed by atoms with Crippen molar-refractivity contribution in [3.63, 3.8) is 0 Å². The van der Waals surface area contributed by atoms with Crippen molar-refractivity contribution in [2.24, 2.45) is 0 Å². The molecule has 0 saturated carbocycles. The first-order valence-corrected chi connectivity index (χ1v) is 6.58. The Hall–Kier alpha value is -1.02. The number of benzene rings is 1. The van der Waals surface area contributed by atoms with Gasteiger partial charge in [-0.15, -0.1) is 0 Å². The Morgan fingerprint density at radius 3 is 2.53 bits per heavy atom. The number of hydrogen-bond donors (Lipinski definition) is 1. The average molecular weight is 234 g/mol. The molecule has 2 nitrogen and oxygen atoms in total. The van der Waals surface area contributed by atoms with E-state index in [4.69, 9.17) is 0 Å². The Balaban J connectivity index is 2.72. The van der Waals surface area contributed by atoms with Crippen LogP contribution in [0.2, 0.25) is 0 Å². The molecule has 0 aliphatic carbocycles. The van der Waals surface area contributed by atoms with E-state index in [0.29, 0.717) is 6.04 Å². The summed E-state index contributed by atoms with van der Waals surface area (Å²) in [6, 6.07) is 7.29. The highest BCUT2D eigenvalue weighted by Gasteiger charge is 2.04. The number of rotatable bonds is 6. The zero-order chi connectivity index (χ0) is 12.8. The first-order chi connectivity index (χ1) is 8.04. The van der Waals surface area contributed by atoms with Crippen molar-refractivity contribution in [3.8, 4) is 0 Å². The SMILES string of the molecule is CCCN(C)c1ccc(CNC(C)C)cc1C. The largest absolute Gasteiger partial charge is 0.374 e. The molecule has 0 aliphatic rings. The lowest BCUT2D eigenvalue weighted by molar-refractivity contribution is 0.588. The van der Waals surface area contributed by atoms with E-state index < -0.39 is 0 Å². The van der Waals surface area contributed by atoms with Gasteiger partial charge in [0.05, 0.1) is 0 Å². The minimum Gasteiger partial charge on any atom is -0.374 e. The van der Waals surface area contributed by atoms with Crippen LogP contribution in [0.1, 0.15) is 38.3 Å². The lowest BCUT2D eigenvalue weighted by atomic mass is 10.1. The highest BCUT2D eigenvalue weighted by Crippen LogP contribution is 2.20. The van der Waals surface area contributed by atoms with Crippen LogP contribution >= 0.6 is 0 Å². The van der Waals surface area contributed by atoms with Crippen LogP contribution in [-0.4, -0.2) is 19.6 Å². The van der Waals surface area contributed by atoms with E-state index in [9.17, 15) is 0 Å². The number of aryl methyl sites for hydroxylation is 1. The summed E-state index contributed by atoms with van der Waals surface area (Å²) in [5.41, 5.74) is 4.08. The highest BCUT2D eigenvalue weighted by molar-refractivity contribution is 5.53. The number of nitrogens with zero attached hydrogens (tertiary/aromatic N) is 1. The summed E-state index contributed by atoms with van der Waals surface area (Å²) >= 11 is 0. The molecule has 0 bridgehead atoms. The molecule has 1 rings (SSSR count). The van der Waals surface area contributed by atoms with Crippen molar-refractivity contribution in [1.29, 1.82) is 0 Å². The van der Waals surface area contributed by atoms with Crippen LogP contribution in [0, 0.1) is 6.92 Å². The van der Waals surface area contributed by atoms with E-state index in [1.165, 1.54) is 23.2 Å². The zero-order valence-corrected chi connectivity index (χ0v) is 11.9. The summed E-state index contributed by atoms with van der Waals surface area (Å²) in [4.78, 5) is 2.33. The molecule has 0 fully saturated rings. The molecular weight excluding hydrogens is 208 g/mol. The third-order valence-electron chi connectivity index (χ3n) is 2.95. The standard InChI is InChI=1S/C15H26N2/c1-6-9-17(5)15-8-7-14(10-13(15)4)11-16-12(2)3/h7-8,10,12,16H,6,9,11H2,1-5H3. The number of nitrogens with one attached hydrogen (secondary N) is 1. The Morgan fingerprint density at radius 2 is 2.00 bits per heavy atom. The molecule has 1 aromatic rings. The van der Waals surface area contributed by atoms with Crippen LogP contribution < -0.4 is 10.2 Å². The second kappa shape index (κ2) is 6.65. The second-order valence-corrected chi connectivity index (χ2v) is 5.08. The van der Waals surface area contributed by atoms with Gasteiger partial charge < -0.3 is 10.2 Å². The van der Waals surface area contributed by atoms with Crippen molar-refractivity contribution in [3.05, 3.63) is 29.3 Å². The molecule has 2 heteroatoms. The Bertz CT molecular complexity index is 345. The molecule has 0 spiro atoms. The van der Waals surface area contributed by atoms with Gasteiger partial charge >= 0.3 is 0 Å². The first kappa shape index (κ1) is 14.0. The van der Waals surface area contributed by atoms with Gasteiger partial charge in [0.2, 0.25) is 0 Å². The molecule has 0 unspecified atom stereocenters. The number of anilines is 1. The van der Waals surface area contributed by atoms with E-state index in [1.54, 1.807) is 0 Å². The van der Waals surface area contributed by atoms with Crippen LogP contribution in [0.4, 0.5) is 5.69 Å². The molecule has 0 aliphatic heterocycles. The summed E-state index contributed by atoms with van der Waals surface area (Å²) in [6.07, 6.45) is 1.19.